The van der Waals surface area contributed by atoms with Gasteiger partial charge in [0.05, 0.1) is 0 Å². The van der Waals surface area contributed by atoms with Gasteiger partial charge in [0, 0.05) is 25.9 Å². The molecule has 1 aromatic heterocycles. The van der Waals surface area contributed by atoms with Gasteiger partial charge < -0.3 is 4.90 Å². The molecule has 0 unspecified atom stereocenters. The molecule has 0 N–H and O–H groups in total. The number of hydrogen-bond donors (Lipinski definition) is 0. The van der Waals surface area contributed by atoms with Crippen molar-refractivity contribution in [2.45, 2.75) is 18.8 Å². The molecule has 1 aliphatic heterocycles. The molecule has 88 valence electrons. The lowest BCUT2D eigenvalue weighted by Crippen LogP contribution is -2.39. The third-order valence-electron chi connectivity index (χ3n) is 2.47. The number of halogens is 3. The van der Waals surface area contributed by atoms with Crippen LogP contribution < -0.4 is 4.90 Å². The fraction of sp³-hybridized carbons (Fsp3) is 0.556. The Bertz CT molecular complexity index is 400. The zero-order chi connectivity index (χ0) is 11.8. The van der Waals surface area contributed by atoms with E-state index in [0.717, 1.165) is 11.3 Å². The first-order chi connectivity index (χ1) is 7.52. The van der Waals surface area contributed by atoms with Crippen molar-refractivity contribution in [1.29, 1.82) is 0 Å². The van der Waals surface area contributed by atoms with E-state index >= 15 is 0 Å². The summed E-state index contributed by atoms with van der Waals surface area (Å²) in [4.78, 5) is 16.6. The molecule has 16 heavy (non-hydrogen) atoms. The van der Waals surface area contributed by atoms with Crippen molar-refractivity contribution < 1.29 is 13.6 Å². The molecule has 1 aromatic rings. The fourth-order valence-corrected chi connectivity index (χ4v) is 2.65. The van der Waals surface area contributed by atoms with Gasteiger partial charge in [-0.15, -0.1) is 0 Å². The van der Waals surface area contributed by atoms with E-state index in [9.17, 15) is 13.6 Å². The topological polar surface area (TPSA) is 33.2 Å². The van der Waals surface area contributed by atoms with Gasteiger partial charge in [0.2, 0.25) is 0 Å². The molecule has 3 nitrogen and oxygen atoms in total. The van der Waals surface area contributed by atoms with Crippen LogP contribution in [0.25, 0.3) is 0 Å². The molecular weight excluding hydrogens is 258 g/mol. The Balaban J connectivity index is 2.11. The summed E-state index contributed by atoms with van der Waals surface area (Å²) < 4.78 is 25.8. The van der Waals surface area contributed by atoms with Crippen LogP contribution in [0.5, 0.6) is 0 Å². The van der Waals surface area contributed by atoms with Gasteiger partial charge in [0.1, 0.15) is 4.88 Å². The smallest absolute Gasteiger partial charge is 0.251 e. The van der Waals surface area contributed by atoms with Crippen LogP contribution in [0, 0.1) is 0 Å². The quantitative estimate of drug-likeness (QED) is 0.772. The number of carbonyl (C=O) groups excluding carboxylic acids is 1. The lowest BCUT2D eigenvalue weighted by molar-refractivity contribution is -0.0220. The Labute approximate surface area is 100 Å². The SMILES string of the molecule is O=Cc1sc(N2CCC(F)(F)CC2)nc1Cl. The molecule has 0 aliphatic carbocycles. The number of aromatic nitrogens is 1. The molecule has 1 fully saturated rings. The second-order valence-corrected chi connectivity index (χ2v) is 4.98. The highest BCUT2D eigenvalue weighted by Gasteiger charge is 2.35. The third kappa shape index (κ3) is 2.32. The molecule has 1 aliphatic rings. The van der Waals surface area contributed by atoms with Gasteiger partial charge in [-0.05, 0) is 0 Å². The number of carbonyl (C=O) groups is 1. The summed E-state index contributed by atoms with van der Waals surface area (Å²) in [6.07, 6.45) is 0.267. The summed E-state index contributed by atoms with van der Waals surface area (Å²) in [7, 11) is 0. The maximum atomic E-state index is 12.9. The van der Waals surface area contributed by atoms with Crippen molar-refractivity contribution in [3.05, 3.63) is 10.0 Å². The van der Waals surface area contributed by atoms with Crippen molar-refractivity contribution in [2.75, 3.05) is 18.0 Å². The van der Waals surface area contributed by atoms with Crippen molar-refractivity contribution in [2.24, 2.45) is 0 Å². The minimum absolute atomic E-state index is 0.146. The minimum Gasteiger partial charge on any atom is -0.348 e. The number of hydrogen-bond acceptors (Lipinski definition) is 4. The van der Waals surface area contributed by atoms with Crippen molar-refractivity contribution in [3.8, 4) is 0 Å². The normalized spacial score (nSPS) is 19.8. The van der Waals surface area contributed by atoms with E-state index in [1.54, 1.807) is 4.90 Å². The van der Waals surface area contributed by atoms with Gasteiger partial charge in [0.15, 0.2) is 16.6 Å². The molecule has 1 saturated heterocycles. The second kappa shape index (κ2) is 4.25. The average molecular weight is 267 g/mol. The van der Waals surface area contributed by atoms with Gasteiger partial charge in [-0.1, -0.05) is 22.9 Å². The molecule has 0 amide bonds. The summed E-state index contributed by atoms with van der Waals surface area (Å²) in [5, 5.41) is 0.690. The van der Waals surface area contributed by atoms with Gasteiger partial charge in [0.25, 0.3) is 5.92 Å². The van der Waals surface area contributed by atoms with Crippen molar-refractivity contribution >= 4 is 34.4 Å². The Morgan fingerprint density at radius 1 is 1.44 bits per heavy atom. The van der Waals surface area contributed by atoms with Gasteiger partial charge in [-0.2, -0.15) is 0 Å². The molecule has 2 rings (SSSR count). The molecular formula is C9H9ClF2N2OS. The molecule has 0 aromatic carbocycles. The number of nitrogens with zero attached hydrogens (tertiary/aromatic N) is 2. The van der Waals surface area contributed by atoms with Gasteiger partial charge in [-0.3, -0.25) is 4.79 Å². The van der Waals surface area contributed by atoms with Crippen LogP contribution in [0.1, 0.15) is 22.5 Å². The van der Waals surface area contributed by atoms with Crippen molar-refractivity contribution in [3.63, 3.8) is 0 Å². The average Bonchev–Trinajstić information content (AvgIpc) is 2.59. The molecule has 0 spiro atoms. The number of thiazole rings is 1. The molecule has 0 saturated carbocycles. The van der Waals surface area contributed by atoms with Gasteiger partial charge in [-0.25, -0.2) is 13.8 Å². The summed E-state index contributed by atoms with van der Waals surface area (Å²) in [5.74, 6) is -2.58. The van der Waals surface area contributed by atoms with E-state index in [4.69, 9.17) is 11.6 Å². The molecule has 7 heteroatoms. The summed E-state index contributed by atoms with van der Waals surface area (Å²) in [6.45, 7) is 0.490. The van der Waals surface area contributed by atoms with Crippen LogP contribution in [-0.4, -0.2) is 30.3 Å². The Hall–Kier alpha value is -0.750. The third-order valence-corrected chi connectivity index (χ3v) is 3.91. The van der Waals surface area contributed by atoms with E-state index in [1.165, 1.54) is 0 Å². The highest BCUT2D eigenvalue weighted by Crippen LogP contribution is 2.34. The lowest BCUT2D eigenvalue weighted by Gasteiger charge is -2.31. The summed E-state index contributed by atoms with van der Waals surface area (Å²) >= 11 is 6.85. The number of aldehydes is 1. The van der Waals surface area contributed by atoms with E-state index in [1.807, 2.05) is 0 Å². The van der Waals surface area contributed by atoms with Gasteiger partial charge >= 0.3 is 0 Å². The number of piperidine rings is 1. The predicted octanol–water partition coefficient (Wildman–Crippen LogP) is 2.84. The largest absolute Gasteiger partial charge is 0.348 e. The monoisotopic (exact) mass is 266 g/mol. The number of rotatable bonds is 2. The highest BCUT2D eigenvalue weighted by molar-refractivity contribution is 7.17. The Morgan fingerprint density at radius 3 is 2.56 bits per heavy atom. The maximum Gasteiger partial charge on any atom is 0.251 e. The lowest BCUT2D eigenvalue weighted by atomic mass is 10.1. The van der Waals surface area contributed by atoms with Crippen LogP contribution in [0.4, 0.5) is 13.9 Å². The Morgan fingerprint density at radius 2 is 2.06 bits per heavy atom. The molecule has 0 atom stereocenters. The first-order valence-corrected chi connectivity index (χ1v) is 5.95. The van der Waals surface area contributed by atoms with E-state index < -0.39 is 5.92 Å². The van der Waals surface area contributed by atoms with Crippen LogP contribution in [0.15, 0.2) is 0 Å². The zero-order valence-electron chi connectivity index (χ0n) is 8.25. The van der Waals surface area contributed by atoms with Crippen LogP contribution in [0.3, 0.4) is 0 Å². The van der Waals surface area contributed by atoms with Crippen molar-refractivity contribution in [1.82, 2.24) is 4.98 Å². The Kier molecular flexibility index (Phi) is 3.12. The summed E-state index contributed by atoms with van der Waals surface area (Å²) in [5.41, 5.74) is 0. The zero-order valence-corrected chi connectivity index (χ0v) is 9.82. The number of anilines is 1. The standard InChI is InChI=1S/C9H9ClF2N2OS/c10-7-6(5-15)16-8(13-7)14-3-1-9(11,12)2-4-14/h5H,1-4H2. The number of alkyl halides is 2. The molecule has 0 bridgehead atoms. The molecule has 0 radical (unpaired) electrons. The summed E-state index contributed by atoms with van der Waals surface area (Å²) in [6, 6.07) is 0. The fourth-order valence-electron chi connectivity index (χ4n) is 1.54. The first kappa shape index (κ1) is 11.7. The maximum absolute atomic E-state index is 12.9. The van der Waals surface area contributed by atoms with Crippen LogP contribution >= 0.6 is 22.9 Å². The van der Waals surface area contributed by atoms with Crippen LogP contribution in [-0.2, 0) is 0 Å². The predicted molar refractivity (Wildman–Crippen MR) is 58.9 cm³/mol. The van der Waals surface area contributed by atoms with E-state index in [0.29, 0.717) is 16.3 Å². The van der Waals surface area contributed by atoms with E-state index in [-0.39, 0.29) is 31.1 Å². The second-order valence-electron chi connectivity index (χ2n) is 3.61. The molecule has 2 heterocycles. The van der Waals surface area contributed by atoms with E-state index in [2.05, 4.69) is 4.98 Å². The van der Waals surface area contributed by atoms with Crippen LogP contribution in [0.2, 0.25) is 5.15 Å². The first-order valence-electron chi connectivity index (χ1n) is 4.76. The highest BCUT2D eigenvalue weighted by atomic mass is 35.5. The minimum atomic E-state index is -2.58.